The van der Waals surface area contributed by atoms with E-state index in [2.05, 4.69) is 32.9 Å². The van der Waals surface area contributed by atoms with E-state index in [0.717, 1.165) is 5.75 Å². The second-order valence-electron chi connectivity index (χ2n) is 5.60. The van der Waals surface area contributed by atoms with Crippen LogP contribution in [0.2, 0.25) is 0 Å². The van der Waals surface area contributed by atoms with Crippen LogP contribution < -0.4 is 4.74 Å². The number of benzene rings is 1. The highest BCUT2D eigenvalue weighted by atomic mass is 16.5. The highest BCUT2D eigenvalue weighted by molar-refractivity contribution is 5.88. The van der Waals surface area contributed by atoms with Crippen LogP contribution in [0.25, 0.3) is 0 Å². The Morgan fingerprint density at radius 3 is 2.25 bits per heavy atom. The first-order chi connectivity index (χ1) is 9.38. The van der Waals surface area contributed by atoms with Crippen molar-refractivity contribution in [2.45, 2.75) is 40.0 Å². The van der Waals surface area contributed by atoms with E-state index in [-0.39, 0.29) is 18.0 Å². The van der Waals surface area contributed by atoms with E-state index in [9.17, 15) is 4.79 Å². The first kappa shape index (κ1) is 16.3. The molecule has 3 heteroatoms. The molecular weight excluding hydrogens is 252 g/mol. The smallest absolute Gasteiger partial charge is 0.337 e. The number of allylic oxidation sites excluding steroid dienone is 1. The fourth-order valence-corrected chi connectivity index (χ4v) is 1.70. The number of carbonyl (C=O) groups excluding carboxylic acids is 1. The molecule has 0 aromatic heterocycles. The summed E-state index contributed by atoms with van der Waals surface area (Å²) in [6, 6.07) is 7.96. The highest BCUT2D eigenvalue weighted by Crippen LogP contribution is 2.24. The molecule has 0 aliphatic rings. The molecule has 3 nitrogen and oxygen atoms in total. The van der Waals surface area contributed by atoms with E-state index < -0.39 is 0 Å². The fraction of sp³-hybridized carbons (Fsp3) is 0.471. The van der Waals surface area contributed by atoms with Gasteiger partial charge in [-0.05, 0) is 37.0 Å². The largest absolute Gasteiger partial charge is 0.489 e. The van der Waals surface area contributed by atoms with Gasteiger partial charge < -0.3 is 9.47 Å². The second-order valence-corrected chi connectivity index (χ2v) is 5.60. The normalized spacial score (nSPS) is 12.2. The maximum atomic E-state index is 11.6. The quantitative estimate of drug-likeness (QED) is 0.605. The van der Waals surface area contributed by atoms with Gasteiger partial charge in [0.25, 0.3) is 0 Å². The third-order valence-electron chi connectivity index (χ3n) is 3.00. The Labute approximate surface area is 121 Å². The Bertz CT molecular complexity index is 464. The summed E-state index contributed by atoms with van der Waals surface area (Å²) >= 11 is 0. The minimum Gasteiger partial charge on any atom is -0.489 e. The number of hydrogen-bond donors (Lipinski definition) is 0. The van der Waals surface area contributed by atoms with E-state index in [1.165, 1.54) is 5.56 Å². The Kier molecular flexibility index (Phi) is 5.81. The molecule has 0 amide bonds. The van der Waals surface area contributed by atoms with Crippen LogP contribution in [-0.4, -0.2) is 19.2 Å². The van der Waals surface area contributed by atoms with Crippen LogP contribution in [0.5, 0.6) is 5.75 Å². The van der Waals surface area contributed by atoms with Gasteiger partial charge in [0.05, 0.1) is 12.2 Å². The van der Waals surface area contributed by atoms with Crippen molar-refractivity contribution in [2.24, 2.45) is 0 Å². The van der Waals surface area contributed by atoms with Crippen LogP contribution in [0.1, 0.15) is 40.2 Å². The van der Waals surface area contributed by atoms with Crippen molar-refractivity contribution in [3.8, 4) is 5.75 Å². The van der Waals surface area contributed by atoms with Crippen LogP contribution in [0.15, 0.2) is 35.9 Å². The van der Waals surface area contributed by atoms with Gasteiger partial charge >= 0.3 is 5.97 Å². The maximum Gasteiger partial charge on any atom is 0.337 e. The molecule has 1 aromatic rings. The Balaban J connectivity index is 2.64. The number of esters is 1. The zero-order valence-corrected chi connectivity index (χ0v) is 13.0. The van der Waals surface area contributed by atoms with E-state index in [1.807, 2.05) is 12.1 Å². The molecule has 0 bridgehead atoms. The lowest BCUT2D eigenvalue weighted by Gasteiger charge is -2.19. The predicted molar refractivity (Wildman–Crippen MR) is 81.0 cm³/mol. The van der Waals surface area contributed by atoms with Crippen LogP contribution in [-0.2, 0) is 14.9 Å². The van der Waals surface area contributed by atoms with E-state index in [4.69, 9.17) is 9.47 Å². The fourth-order valence-electron chi connectivity index (χ4n) is 1.70. The van der Waals surface area contributed by atoms with Crippen molar-refractivity contribution in [2.75, 3.05) is 13.2 Å². The van der Waals surface area contributed by atoms with Crippen molar-refractivity contribution in [1.82, 2.24) is 0 Å². The molecule has 0 spiro atoms. The van der Waals surface area contributed by atoms with Gasteiger partial charge in [-0.3, -0.25) is 0 Å². The van der Waals surface area contributed by atoms with Crippen molar-refractivity contribution in [3.05, 3.63) is 41.5 Å². The second kappa shape index (κ2) is 7.13. The van der Waals surface area contributed by atoms with Crippen molar-refractivity contribution < 1.29 is 14.3 Å². The van der Waals surface area contributed by atoms with Crippen LogP contribution in [0.4, 0.5) is 0 Å². The third kappa shape index (κ3) is 4.72. The number of ether oxygens (including phenoxy) is 2. The summed E-state index contributed by atoms with van der Waals surface area (Å²) in [5.74, 6) is 0.433. The van der Waals surface area contributed by atoms with Gasteiger partial charge in [0.15, 0.2) is 0 Å². The minimum atomic E-state index is -0.318. The molecule has 0 N–H and O–H groups in total. The molecule has 1 rings (SSSR count). The molecule has 0 unspecified atom stereocenters. The molecule has 20 heavy (non-hydrogen) atoms. The number of carbonyl (C=O) groups is 1. The topological polar surface area (TPSA) is 35.5 Å². The van der Waals surface area contributed by atoms with E-state index in [1.54, 1.807) is 19.9 Å². The lowest BCUT2D eigenvalue weighted by atomic mass is 9.87. The van der Waals surface area contributed by atoms with Crippen molar-refractivity contribution >= 4 is 5.97 Å². The summed E-state index contributed by atoms with van der Waals surface area (Å²) in [5, 5.41) is 0. The standard InChI is InChI=1S/C17H24O3/c1-6-13(16(18)19-7-2)12-20-15-10-8-14(9-11-15)17(3,4)5/h6,8-11H,7,12H2,1-5H3/b13-6-. The lowest BCUT2D eigenvalue weighted by Crippen LogP contribution is -2.14. The number of rotatable bonds is 5. The van der Waals surface area contributed by atoms with Gasteiger partial charge in [-0.25, -0.2) is 4.79 Å². The minimum absolute atomic E-state index is 0.123. The summed E-state index contributed by atoms with van der Waals surface area (Å²) < 4.78 is 10.6. The van der Waals surface area contributed by atoms with Gasteiger partial charge in [0.2, 0.25) is 0 Å². The van der Waals surface area contributed by atoms with E-state index >= 15 is 0 Å². The molecule has 0 aliphatic carbocycles. The maximum absolute atomic E-state index is 11.6. The molecule has 0 saturated carbocycles. The van der Waals surface area contributed by atoms with Crippen LogP contribution in [0.3, 0.4) is 0 Å². The molecule has 0 atom stereocenters. The Hall–Kier alpha value is -1.77. The lowest BCUT2D eigenvalue weighted by molar-refractivity contribution is -0.138. The zero-order chi connectivity index (χ0) is 15.2. The SMILES string of the molecule is C/C=C(/COc1ccc(C(C)(C)C)cc1)C(=O)OCC. The highest BCUT2D eigenvalue weighted by Gasteiger charge is 2.14. The Morgan fingerprint density at radius 2 is 1.80 bits per heavy atom. The summed E-state index contributed by atoms with van der Waals surface area (Å²) in [5.41, 5.74) is 1.91. The van der Waals surface area contributed by atoms with Gasteiger partial charge in [-0.15, -0.1) is 0 Å². The molecule has 0 heterocycles. The zero-order valence-electron chi connectivity index (χ0n) is 13.0. The monoisotopic (exact) mass is 276 g/mol. The summed E-state index contributed by atoms with van der Waals surface area (Å²) in [7, 11) is 0. The predicted octanol–water partition coefficient (Wildman–Crippen LogP) is 3.87. The van der Waals surface area contributed by atoms with Gasteiger partial charge in [-0.1, -0.05) is 39.0 Å². The summed E-state index contributed by atoms with van der Waals surface area (Å²) in [6.07, 6.45) is 1.72. The van der Waals surface area contributed by atoms with Gasteiger partial charge in [-0.2, -0.15) is 0 Å². The summed E-state index contributed by atoms with van der Waals surface area (Å²) in [6.45, 7) is 10.7. The molecule has 0 saturated heterocycles. The van der Waals surface area contributed by atoms with Gasteiger partial charge in [0.1, 0.15) is 12.4 Å². The van der Waals surface area contributed by atoms with Crippen molar-refractivity contribution in [1.29, 1.82) is 0 Å². The molecule has 0 fully saturated rings. The van der Waals surface area contributed by atoms with E-state index in [0.29, 0.717) is 12.2 Å². The average molecular weight is 276 g/mol. The average Bonchev–Trinajstić information content (AvgIpc) is 2.39. The molecule has 0 radical (unpaired) electrons. The third-order valence-corrected chi connectivity index (χ3v) is 3.00. The first-order valence-corrected chi connectivity index (χ1v) is 6.94. The Morgan fingerprint density at radius 1 is 1.20 bits per heavy atom. The molecule has 110 valence electrons. The molecule has 1 aromatic carbocycles. The first-order valence-electron chi connectivity index (χ1n) is 6.94. The molecular formula is C17H24O3. The summed E-state index contributed by atoms with van der Waals surface area (Å²) in [4.78, 5) is 11.6. The molecule has 0 aliphatic heterocycles. The van der Waals surface area contributed by atoms with Crippen molar-refractivity contribution in [3.63, 3.8) is 0 Å². The number of hydrogen-bond acceptors (Lipinski definition) is 3. The van der Waals surface area contributed by atoms with Crippen LogP contribution >= 0.6 is 0 Å². The van der Waals surface area contributed by atoms with Gasteiger partial charge in [0, 0.05) is 0 Å². The van der Waals surface area contributed by atoms with Crippen LogP contribution in [0, 0.1) is 0 Å².